The van der Waals surface area contributed by atoms with Gasteiger partial charge in [0.1, 0.15) is 4.88 Å². The van der Waals surface area contributed by atoms with E-state index in [1.807, 2.05) is 6.92 Å². The van der Waals surface area contributed by atoms with Crippen molar-refractivity contribution in [3.8, 4) is 0 Å². The molecule has 1 atom stereocenters. The molecule has 0 aromatic carbocycles. The Morgan fingerprint density at radius 1 is 1.65 bits per heavy atom. The Bertz CT molecular complexity index is 422. The first-order chi connectivity index (χ1) is 7.91. The van der Waals surface area contributed by atoms with E-state index < -0.39 is 5.60 Å². The Kier molecular flexibility index (Phi) is 3.23. The number of aliphatic hydroxyl groups is 1. The Labute approximate surface area is 105 Å². The number of hydrogen-bond acceptors (Lipinski definition) is 4. The standard InChI is InChI=1S/C12H18N2O2S/c1-8-10(17-7-13-8)11(15)14-6-4-5-9(14)12(2,3)16/h7,9,16H,4-6H2,1-3H3. The minimum Gasteiger partial charge on any atom is -0.388 e. The van der Waals surface area contributed by atoms with Crippen LogP contribution in [0.3, 0.4) is 0 Å². The van der Waals surface area contributed by atoms with E-state index >= 15 is 0 Å². The average Bonchev–Trinajstić information content (AvgIpc) is 2.82. The zero-order valence-corrected chi connectivity index (χ0v) is 11.3. The fourth-order valence-electron chi connectivity index (χ4n) is 2.38. The molecule has 1 saturated heterocycles. The number of nitrogens with zero attached hydrogens (tertiary/aromatic N) is 2. The third-order valence-electron chi connectivity index (χ3n) is 3.27. The largest absolute Gasteiger partial charge is 0.388 e. The molecule has 1 aromatic heterocycles. The van der Waals surface area contributed by atoms with E-state index in [-0.39, 0.29) is 11.9 Å². The van der Waals surface area contributed by atoms with E-state index in [0.717, 1.165) is 25.1 Å². The summed E-state index contributed by atoms with van der Waals surface area (Å²) in [5, 5.41) is 10.1. The molecule has 1 aliphatic rings. The van der Waals surface area contributed by atoms with Gasteiger partial charge in [-0.15, -0.1) is 11.3 Å². The molecule has 0 bridgehead atoms. The maximum Gasteiger partial charge on any atom is 0.266 e. The predicted molar refractivity (Wildman–Crippen MR) is 67.2 cm³/mol. The smallest absolute Gasteiger partial charge is 0.266 e. The van der Waals surface area contributed by atoms with Crippen LogP contribution in [0, 0.1) is 6.92 Å². The second-order valence-corrected chi connectivity index (χ2v) is 5.93. The van der Waals surface area contributed by atoms with E-state index in [4.69, 9.17) is 0 Å². The predicted octanol–water partition coefficient (Wildman–Crippen LogP) is 1.83. The average molecular weight is 254 g/mol. The molecule has 0 saturated carbocycles. The van der Waals surface area contributed by atoms with Gasteiger partial charge in [0.15, 0.2) is 0 Å². The number of carbonyl (C=O) groups excluding carboxylic acids is 1. The summed E-state index contributed by atoms with van der Waals surface area (Å²) in [5.74, 6) is 0.00891. The molecule has 2 heterocycles. The molecule has 0 radical (unpaired) electrons. The summed E-state index contributed by atoms with van der Waals surface area (Å²) in [6, 6.07) is -0.0866. The molecule has 94 valence electrons. The number of amides is 1. The molecule has 1 fully saturated rings. The summed E-state index contributed by atoms with van der Waals surface area (Å²) >= 11 is 1.37. The van der Waals surface area contributed by atoms with Gasteiger partial charge in [-0.25, -0.2) is 4.98 Å². The van der Waals surface area contributed by atoms with Gasteiger partial charge in [0, 0.05) is 6.54 Å². The zero-order valence-electron chi connectivity index (χ0n) is 10.4. The van der Waals surface area contributed by atoms with E-state index in [2.05, 4.69) is 4.98 Å². The molecule has 0 spiro atoms. The highest BCUT2D eigenvalue weighted by Crippen LogP contribution is 2.29. The van der Waals surface area contributed by atoms with Crippen molar-refractivity contribution in [1.82, 2.24) is 9.88 Å². The van der Waals surface area contributed by atoms with Gasteiger partial charge in [0.2, 0.25) is 0 Å². The first kappa shape index (κ1) is 12.5. The number of aryl methyl sites for hydroxylation is 1. The third kappa shape index (κ3) is 2.35. The lowest BCUT2D eigenvalue weighted by Gasteiger charge is -2.33. The van der Waals surface area contributed by atoms with Gasteiger partial charge in [0.05, 0.1) is 22.8 Å². The highest BCUT2D eigenvalue weighted by Gasteiger charge is 2.39. The van der Waals surface area contributed by atoms with Crippen molar-refractivity contribution >= 4 is 17.2 Å². The highest BCUT2D eigenvalue weighted by molar-refractivity contribution is 7.11. The van der Waals surface area contributed by atoms with Crippen molar-refractivity contribution < 1.29 is 9.90 Å². The van der Waals surface area contributed by atoms with Gasteiger partial charge in [-0.2, -0.15) is 0 Å². The topological polar surface area (TPSA) is 53.4 Å². The van der Waals surface area contributed by atoms with E-state index in [9.17, 15) is 9.90 Å². The monoisotopic (exact) mass is 254 g/mol. The summed E-state index contributed by atoms with van der Waals surface area (Å²) in [5.41, 5.74) is 1.63. The van der Waals surface area contributed by atoms with Crippen LogP contribution in [0.25, 0.3) is 0 Å². The van der Waals surface area contributed by atoms with E-state index in [1.54, 1.807) is 24.3 Å². The summed E-state index contributed by atoms with van der Waals surface area (Å²) in [7, 11) is 0. The third-order valence-corrected chi connectivity index (χ3v) is 4.19. The second kappa shape index (κ2) is 4.38. The summed E-state index contributed by atoms with van der Waals surface area (Å²) in [4.78, 5) is 19.0. The number of thiazole rings is 1. The Hall–Kier alpha value is -0.940. The van der Waals surface area contributed by atoms with Crippen molar-refractivity contribution in [2.45, 2.75) is 45.3 Å². The molecule has 4 nitrogen and oxygen atoms in total. The lowest BCUT2D eigenvalue weighted by atomic mass is 9.96. The molecule has 1 unspecified atom stereocenters. The lowest BCUT2D eigenvalue weighted by Crippen LogP contribution is -2.48. The van der Waals surface area contributed by atoms with Gasteiger partial charge >= 0.3 is 0 Å². The maximum atomic E-state index is 12.4. The molecular formula is C12H18N2O2S. The van der Waals surface area contributed by atoms with Gasteiger partial charge < -0.3 is 10.0 Å². The van der Waals surface area contributed by atoms with Crippen LogP contribution in [0.2, 0.25) is 0 Å². The van der Waals surface area contributed by atoms with Crippen molar-refractivity contribution in [1.29, 1.82) is 0 Å². The number of likely N-dealkylation sites (tertiary alicyclic amines) is 1. The molecule has 17 heavy (non-hydrogen) atoms. The number of hydrogen-bond donors (Lipinski definition) is 1. The van der Waals surface area contributed by atoms with Crippen LogP contribution in [0.1, 0.15) is 42.1 Å². The van der Waals surface area contributed by atoms with Crippen molar-refractivity contribution in [3.05, 3.63) is 16.1 Å². The Balaban J connectivity index is 2.23. The molecule has 1 aliphatic heterocycles. The van der Waals surface area contributed by atoms with Crippen LogP contribution < -0.4 is 0 Å². The van der Waals surface area contributed by atoms with Gasteiger partial charge in [-0.1, -0.05) is 0 Å². The van der Waals surface area contributed by atoms with Crippen molar-refractivity contribution in [2.24, 2.45) is 0 Å². The van der Waals surface area contributed by atoms with E-state index in [0.29, 0.717) is 4.88 Å². The van der Waals surface area contributed by atoms with Crippen molar-refractivity contribution in [2.75, 3.05) is 6.54 Å². The normalized spacial score (nSPS) is 20.9. The molecule has 1 aromatic rings. The molecule has 1 N–H and O–H groups in total. The Morgan fingerprint density at radius 3 is 2.88 bits per heavy atom. The summed E-state index contributed by atoms with van der Waals surface area (Å²) < 4.78 is 0. The minimum absolute atomic E-state index is 0.00891. The fraction of sp³-hybridized carbons (Fsp3) is 0.667. The maximum absolute atomic E-state index is 12.4. The van der Waals surface area contributed by atoms with Crippen molar-refractivity contribution in [3.63, 3.8) is 0 Å². The number of rotatable bonds is 2. The molecule has 0 aliphatic carbocycles. The van der Waals surface area contributed by atoms with Crippen LogP contribution in [0.15, 0.2) is 5.51 Å². The summed E-state index contributed by atoms with van der Waals surface area (Å²) in [6.07, 6.45) is 1.82. The van der Waals surface area contributed by atoms with Gasteiger partial charge in [-0.3, -0.25) is 4.79 Å². The second-order valence-electron chi connectivity index (χ2n) is 5.08. The minimum atomic E-state index is -0.843. The van der Waals surface area contributed by atoms with Crippen LogP contribution in [-0.4, -0.2) is 39.1 Å². The first-order valence-electron chi connectivity index (χ1n) is 5.84. The van der Waals surface area contributed by atoms with Gasteiger partial charge in [-0.05, 0) is 33.6 Å². The molecular weight excluding hydrogens is 236 g/mol. The molecule has 2 rings (SSSR count). The van der Waals surface area contributed by atoms with Crippen LogP contribution >= 0.6 is 11.3 Å². The quantitative estimate of drug-likeness (QED) is 0.876. The zero-order chi connectivity index (χ0) is 12.6. The van der Waals surface area contributed by atoms with Crippen LogP contribution in [0.5, 0.6) is 0 Å². The van der Waals surface area contributed by atoms with E-state index in [1.165, 1.54) is 11.3 Å². The molecule has 5 heteroatoms. The SMILES string of the molecule is Cc1ncsc1C(=O)N1CCCC1C(C)(C)O. The van der Waals surface area contributed by atoms with Crippen LogP contribution in [-0.2, 0) is 0 Å². The van der Waals surface area contributed by atoms with Gasteiger partial charge in [0.25, 0.3) is 5.91 Å². The first-order valence-corrected chi connectivity index (χ1v) is 6.72. The lowest BCUT2D eigenvalue weighted by molar-refractivity contribution is 0.000479. The van der Waals surface area contributed by atoms with Crippen LogP contribution in [0.4, 0.5) is 0 Å². The number of carbonyl (C=O) groups is 1. The Morgan fingerprint density at radius 2 is 2.35 bits per heavy atom. The molecule has 1 amide bonds. The highest BCUT2D eigenvalue weighted by atomic mass is 32.1. The fourth-order valence-corrected chi connectivity index (χ4v) is 3.14. The number of aromatic nitrogens is 1. The summed E-state index contributed by atoms with van der Waals surface area (Å²) in [6.45, 7) is 6.11.